The molecule has 14 heavy (non-hydrogen) atoms. The molecule has 1 aliphatic heterocycles. The third kappa shape index (κ3) is 2.73. The fourth-order valence-corrected chi connectivity index (χ4v) is 1.70. The summed E-state index contributed by atoms with van der Waals surface area (Å²) in [6.07, 6.45) is -11.5. The van der Waals surface area contributed by atoms with Crippen molar-refractivity contribution in [1.82, 2.24) is 0 Å². The highest BCUT2D eigenvalue weighted by atomic mass is 31.2. The van der Waals surface area contributed by atoms with Crippen LogP contribution in [0.3, 0.4) is 0 Å². The minimum absolute atomic E-state index is 0.0559. The summed E-state index contributed by atoms with van der Waals surface area (Å²) in [5.41, 5.74) is 0. The van der Waals surface area contributed by atoms with Gasteiger partial charge in [-0.3, -0.25) is 0 Å². The minimum Gasteiger partial charge on any atom is -0.309 e. The van der Waals surface area contributed by atoms with Gasteiger partial charge in [-0.2, -0.15) is 22.0 Å². The van der Waals surface area contributed by atoms with Crippen molar-refractivity contribution in [2.24, 2.45) is 0 Å². The van der Waals surface area contributed by atoms with Gasteiger partial charge in [0.15, 0.2) is 0 Å². The molecule has 0 aromatic rings. The molecule has 0 saturated carbocycles. The second kappa shape index (κ2) is 3.84. The van der Waals surface area contributed by atoms with Crippen molar-refractivity contribution in [3.8, 4) is 0 Å². The summed E-state index contributed by atoms with van der Waals surface area (Å²) < 4.78 is 71.6. The van der Waals surface area contributed by atoms with E-state index in [9.17, 15) is 22.0 Å². The maximum Gasteiger partial charge on any atom is 0.483 e. The zero-order chi connectivity index (χ0) is 11.0. The molecule has 9 heteroatoms. The van der Waals surface area contributed by atoms with Gasteiger partial charge in [0.2, 0.25) is 0 Å². The molecule has 2 atom stereocenters. The van der Waals surface area contributed by atoms with Gasteiger partial charge in [0.1, 0.15) is 0 Å². The third-order valence-corrected chi connectivity index (χ3v) is 2.47. The van der Waals surface area contributed by atoms with Gasteiger partial charge >= 0.3 is 20.9 Å². The van der Waals surface area contributed by atoms with E-state index in [1.165, 1.54) is 6.92 Å². The maximum atomic E-state index is 12.2. The van der Waals surface area contributed by atoms with Gasteiger partial charge < -0.3 is 9.05 Å². The molecule has 1 aliphatic rings. The average Bonchev–Trinajstić information content (AvgIpc) is 2.31. The van der Waals surface area contributed by atoms with Crippen LogP contribution in [-0.2, 0) is 13.6 Å². The molecule has 1 rings (SSSR count). The lowest BCUT2D eigenvalue weighted by Crippen LogP contribution is -2.37. The van der Waals surface area contributed by atoms with Crippen LogP contribution < -0.4 is 0 Å². The number of rotatable bonds is 2. The molecule has 0 amide bonds. The lowest BCUT2D eigenvalue weighted by atomic mass is 10.5. The summed E-state index contributed by atoms with van der Waals surface area (Å²) >= 11 is 0. The Hall–Kier alpha value is -0.0400. The largest absolute Gasteiger partial charge is 0.483 e. The Morgan fingerprint density at radius 2 is 1.86 bits per heavy atom. The average molecular weight is 240 g/mol. The summed E-state index contributed by atoms with van der Waals surface area (Å²) in [4.78, 5) is 0. The SMILES string of the molecule is CC1COP(OC(F)(F)C(F)(F)F)O1. The lowest BCUT2D eigenvalue weighted by Gasteiger charge is -2.20. The van der Waals surface area contributed by atoms with Gasteiger partial charge in [0, 0.05) is 0 Å². The third-order valence-electron chi connectivity index (χ3n) is 1.20. The van der Waals surface area contributed by atoms with E-state index in [0.717, 1.165) is 0 Å². The van der Waals surface area contributed by atoms with Crippen LogP contribution in [0.15, 0.2) is 0 Å². The van der Waals surface area contributed by atoms with E-state index in [2.05, 4.69) is 13.6 Å². The summed E-state index contributed by atoms with van der Waals surface area (Å²) in [7, 11) is -2.61. The summed E-state index contributed by atoms with van der Waals surface area (Å²) in [6, 6.07) is 0. The summed E-state index contributed by atoms with van der Waals surface area (Å²) in [5, 5.41) is 0. The Balaban J connectivity index is 2.51. The van der Waals surface area contributed by atoms with Gasteiger partial charge in [0.05, 0.1) is 12.7 Å². The monoisotopic (exact) mass is 240 g/mol. The normalized spacial score (nSPS) is 29.6. The first-order chi connectivity index (χ1) is 6.22. The molecule has 1 saturated heterocycles. The van der Waals surface area contributed by atoms with E-state index < -0.39 is 27.0 Å². The molecule has 0 aliphatic carbocycles. The van der Waals surface area contributed by atoms with Crippen molar-refractivity contribution in [2.45, 2.75) is 25.3 Å². The summed E-state index contributed by atoms with van der Waals surface area (Å²) in [5.74, 6) is 0. The van der Waals surface area contributed by atoms with E-state index in [0.29, 0.717) is 0 Å². The van der Waals surface area contributed by atoms with Crippen molar-refractivity contribution in [1.29, 1.82) is 0 Å². The van der Waals surface area contributed by atoms with Crippen molar-refractivity contribution in [2.75, 3.05) is 6.61 Å². The topological polar surface area (TPSA) is 27.7 Å². The molecule has 0 spiro atoms. The van der Waals surface area contributed by atoms with E-state index in [1.807, 2.05) is 0 Å². The number of halogens is 5. The molecule has 0 bridgehead atoms. The molecule has 2 unspecified atom stereocenters. The Kier molecular flexibility index (Phi) is 3.30. The Morgan fingerprint density at radius 3 is 2.21 bits per heavy atom. The van der Waals surface area contributed by atoms with Gasteiger partial charge in [-0.05, 0) is 6.92 Å². The number of alkyl halides is 5. The molecule has 0 radical (unpaired) electrons. The van der Waals surface area contributed by atoms with Crippen LogP contribution in [-0.4, -0.2) is 25.0 Å². The molecule has 84 valence electrons. The van der Waals surface area contributed by atoms with Gasteiger partial charge in [0.25, 0.3) is 0 Å². The highest BCUT2D eigenvalue weighted by molar-refractivity contribution is 7.42. The summed E-state index contributed by atoms with van der Waals surface area (Å²) in [6.45, 7) is 1.41. The molecule has 0 aromatic heterocycles. The second-order valence-corrected chi connectivity index (χ2v) is 3.64. The van der Waals surface area contributed by atoms with Crippen molar-refractivity contribution >= 4 is 8.60 Å². The Labute approximate surface area is 77.1 Å². The fraction of sp³-hybridized carbons (Fsp3) is 1.00. The predicted octanol–water partition coefficient (Wildman–Crippen LogP) is 2.82. The van der Waals surface area contributed by atoms with Crippen LogP contribution in [0.25, 0.3) is 0 Å². The number of hydrogen-bond donors (Lipinski definition) is 0. The molecule has 3 nitrogen and oxygen atoms in total. The molecular formula is C5H6F5O3P. The molecule has 1 heterocycles. The first-order valence-corrected chi connectivity index (χ1v) is 4.55. The number of hydrogen-bond acceptors (Lipinski definition) is 3. The van der Waals surface area contributed by atoms with Gasteiger partial charge in [-0.25, -0.2) is 4.52 Å². The second-order valence-electron chi connectivity index (χ2n) is 2.54. The van der Waals surface area contributed by atoms with Crippen LogP contribution in [0.2, 0.25) is 0 Å². The van der Waals surface area contributed by atoms with E-state index >= 15 is 0 Å². The highest BCUT2D eigenvalue weighted by Gasteiger charge is 2.62. The molecule has 1 fully saturated rings. The van der Waals surface area contributed by atoms with E-state index in [1.54, 1.807) is 0 Å². The predicted molar refractivity (Wildman–Crippen MR) is 35.5 cm³/mol. The molecule has 0 aromatic carbocycles. The fourth-order valence-electron chi connectivity index (χ4n) is 0.567. The van der Waals surface area contributed by atoms with Gasteiger partial charge in [-0.15, -0.1) is 0 Å². The molecule has 0 N–H and O–H groups in total. The smallest absolute Gasteiger partial charge is 0.309 e. The van der Waals surface area contributed by atoms with Crippen molar-refractivity contribution < 1.29 is 35.5 Å². The van der Waals surface area contributed by atoms with Crippen LogP contribution in [0.4, 0.5) is 22.0 Å². The minimum atomic E-state index is -5.76. The standard InChI is InChI=1S/C5H6F5O3P/c1-3-2-11-14(12-3)13-5(9,10)4(6,7)8/h3H,2H2,1H3. The Bertz CT molecular complexity index is 208. The first kappa shape index (κ1) is 12.0. The lowest BCUT2D eigenvalue weighted by molar-refractivity contribution is -0.362. The maximum absolute atomic E-state index is 12.2. The van der Waals surface area contributed by atoms with Crippen molar-refractivity contribution in [3.05, 3.63) is 0 Å². The van der Waals surface area contributed by atoms with Crippen molar-refractivity contribution in [3.63, 3.8) is 0 Å². The highest BCUT2D eigenvalue weighted by Crippen LogP contribution is 2.53. The zero-order valence-corrected chi connectivity index (χ0v) is 7.74. The van der Waals surface area contributed by atoms with E-state index in [4.69, 9.17) is 0 Å². The van der Waals surface area contributed by atoms with Crippen LogP contribution in [0.1, 0.15) is 6.92 Å². The quantitative estimate of drug-likeness (QED) is 0.548. The van der Waals surface area contributed by atoms with Crippen LogP contribution >= 0.6 is 8.60 Å². The van der Waals surface area contributed by atoms with Gasteiger partial charge in [-0.1, -0.05) is 0 Å². The zero-order valence-electron chi connectivity index (χ0n) is 6.85. The first-order valence-electron chi connectivity index (χ1n) is 3.46. The van der Waals surface area contributed by atoms with E-state index in [-0.39, 0.29) is 6.61 Å². The van der Waals surface area contributed by atoms with Crippen LogP contribution in [0.5, 0.6) is 0 Å². The molecular weight excluding hydrogens is 234 g/mol. The van der Waals surface area contributed by atoms with Crippen LogP contribution in [0, 0.1) is 0 Å². The Morgan fingerprint density at radius 1 is 1.29 bits per heavy atom.